The third-order valence-electron chi connectivity index (χ3n) is 3.02. The lowest BCUT2D eigenvalue weighted by atomic mass is 10.1. The Morgan fingerprint density at radius 2 is 2.25 bits per heavy atom. The SMILES string of the molecule is NC1CCNC1CCCOc1cc[c]cc1. The van der Waals surface area contributed by atoms with Crippen LogP contribution in [0.1, 0.15) is 19.3 Å². The van der Waals surface area contributed by atoms with E-state index < -0.39 is 0 Å². The monoisotopic (exact) mass is 219 g/mol. The van der Waals surface area contributed by atoms with Crippen molar-refractivity contribution in [3.8, 4) is 5.75 Å². The molecule has 1 heterocycles. The molecule has 2 atom stereocenters. The van der Waals surface area contributed by atoms with Crippen LogP contribution in [0.2, 0.25) is 0 Å². The van der Waals surface area contributed by atoms with Crippen LogP contribution in [-0.4, -0.2) is 25.2 Å². The van der Waals surface area contributed by atoms with Crippen molar-refractivity contribution in [1.29, 1.82) is 0 Å². The molecule has 1 aromatic carbocycles. The molecule has 0 spiro atoms. The number of hydrogen-bond donors (Lipinski definition) is 2. The van der Waals surface area contributed by atoms with Gasteiger partial charge in [0.25, 0.3) is 0 Å². The predicted molar refractivity (Wildman–Crippen MR) is 64.4 cm³/mol. The minimum Gasteiger partial charge on any atom is -0.494 e. The molecular formula is C13H19N2O. The second-order valence-electron chi connectivity index (χ2n) is 4.24. The Kier molecular flexibility index (Phi) is 4.19. The van der Waals surface area contributed by atoms with Crippen LogP contribution in [0.3, 0.4) is 0 Å². The Morgan fingerprint density at radius 1 is 1.44 bits per heavy atom. The highest BCUT2D eigenvalue weighted by Crippen LogP contribution is 2.12. The quantitative estimate of drug-likeness (QED) is 0.735. The van der Waals surface area contributed by atoms with E-state index in [2.05, 4.69) is 11.4 Å². The highest BCUT2D eigenvalue weighted by molar-refractivity contribution is 5.20. The molecular weight excluding hydrogens is 200 g/mol. The summed E-state index contributed by atoms with van der Waals surface area (Å²) in [5.74, 6) is 0.919. The fraction of sp³-hybridized carbons (Fsp3) is 0.538. The molecule has 0 bridgehead atoms. The molecule has 0 amide bonds. The minimum absolute atomic E-state index is 0.325. The van der Waals surface area contributed by atoms with E-state index in [-0.39, 0.29) is 0 Å². The smallest absolute Gasteiger partial charge is 0.119 e. The molecule has 0 aromatic heterocycles. The van der Waals surface area contributed by atoms with Crippen LogP contribution in [0.25, 0.3) is 0 Å². The van der Waals surface area contributed by atoms with E-state index in [1.54, 1.807) is 0 Å². The lowest BCUT2D eigenvalue weighted by Crippen LogP contribution is -2.36. The maximum Gasteiger partial charge on any atom is 0.119 e. The summed E-state index contributed by atoms with van der Waals surface area (Å²) in [4.78, 5) is 0. The molecule has 3 N–H and O–H groups in total. The fourth-order valence-corrected chi connectivity index (χ4v) is 2.07. The fourth-order valence-electron chi connectivity index (χ4n) is 2.07. The normalized spacial score (nSPS) is 24.6. The number of hydrogen-bond acceptors (Lipinski definition) is 3. The van der Waals surface area contributed by atoms with E-state index in [1.165, 1.54) is 0 Å². The predicted octanol–water partition coefficient (Wildman–Crippen LogP) is 1.33. The van der Waals surface area contributed by atoms with Gasteiger partial charge in [-0.25, -0.2) is 0 Å². The molecule has 1 aliphatic rings. The minimum atomic E-state index is 0.325. The van der Waals surface area contributed by atoms with Gasteiger partial charge >= 0.3 is 0 Å². The summed E-state index contributed by atoms with van der Waals surface area (Å²) in [5, 5.41) is 3.42. The van der Waals surface area contributed by atoms with Crippen LogP contribution < -0.4 is 15.8 Å². The topological polar surface area (TPSA) is 47.3 Å². The van der Waals surface area contributed by atoms with Crippen molar-refractivity contribution in [3.63, 3.8) is 0 Å². The van der Waals surface area contributed by atoms with Crippen LogP contribution in [0.4, 0.5) is 0 Å². The summed E-state index contributed by atoms with van der Waals surface area (Å²) in [7, 11) is 0. The summed E-state index contributed by atoms with van der Waals surface area (Å²) in [5.41, 5.74) is 5.96. The average molecular weight is 219 g/mol. The summed E-state index contributed by atoms with van der Waals surface area (Å²) in [6.07, 6.45) is 3.24. The number of ether oxygens (including phenoxy) is 1. The highest BCUT2D eigenvalue weighted by Gasteiger charge is 2.22. The summed E-state index contributed by atoms with van der Waals surface area (Å²) in [6.45, 7) is 1.82. The maximum atomic E-state index is 5.96. The first-order chi connectivity index (χ1) is 7.86. The van der Waals surface area contributed by atoms with Gasteiger partial charge in [-0.2, -0.15) is 0 Å². The molecule has 1 radical (unpaired) electrons. The first kappa shape index (κ1) is 11.4. The van der Waals surface area contributed by atoms with E-state index in [1.807, 2.05) is 24.3 Å². The zero-order valence-electron chi connectivity index (χ0n) is 9.49. The van der Waals surface area contributed by atoms with Crippen molar-refractivity contribution in [2.24, 2.45) is 5.73 Å². The lowest BCUT2D eigenvalue weighted by molar-refractivity contribution is 0.296. The Hall–Kier alpha value is -1.06. The van der Waals surface area contributed by atoms with Crippen molar-refractivity contribution in [2.45, 2.75) is 31.3 Å². The van der Waals surface area contributed by atoms with E-state index in [0.717, 1.165) is 38.2 Å². The van der Waals surface area contributed by atoms with Gasteiger partial charge in [-0.05, 0) is 44.0 Å². The van der Waals surface area contributed by atoms with Crippen molar-refractivity contribution < 1.29 is 4.74 Å². The summed E-state index contributed by atoms with van der Waals surface area (Å²) in [6, 6.07) is 11.4. The van der Waals surface area contributed by atoms with Crippen LogP contribution in [-0.2, 0) is 0 Å². The number of nitrogens with one attached hydrogen (secondary N) is 1. The van der Waals surface area contributed by atoms with E-state index in [0.29, 0.717) is 12.1 Å². The van der Waals surface area contributed by atoms with Gasteiger partial charge in [-0.1, -0.05) is 12.1 Å². The second kappa shape index (κ2) is 5.87. The Morgan fingerprint density at radius 3 is 2.94 bits per heavy atom. The molecule has 16 heavy (non-hydrogen) atoms. The van der Waals surface area contributed by atoms with Crippen LogP contribution >= 0.6 is 0 Å². The molecule has 1 fully saturated rings. The first-order valence-corrected chi connectivity index (χ1v) is 5.94. The molecule has 3 nitrogen and oxygen atoms in total. The van der Waals surface area contributed by atoms with Crippen LogP contribution in [0, 0.1) is 6.07 Å². The van der Waals surface area contributed by atoms with Gasteiger partial charge < -0.3 is 15.8 Å². The van der Waals surface area contributed by atoms with Gasteiger partial charge in [0.1, 0.15) is 5.75 Å². The van der Waals surface area contributed by atoms with Crippen LogP contribution in [0.15, 0.2) is 24.3 Å². The number of nitrogens with two attached hydrogens (primary N) is 1. The third-order valence-corrected chi connectivity index (χ3v) is 3.02. The zero-order chi connectivity index (χ0) is 11.2. The Bertz CT molecular complexity index is 302. The van der Waals surface area contributed by atoms with Gasteiger partial charge in [0.15, 0.2) is 0 Å². The summed E-state index contributed by atoms with van der Waals surface area (Å²) >= 11 is 0. The molecule has 2 rings (SSSR count). The zero-order valence-corrected chi connectivity index (χ0v) is 9.49. The highest BCUT2D eigenvalue weighted by atomic mass is 16.5. The molecule has 1 saturated heterocycles. The molecule has 0 aliphatic carbocycles. The van der Waals surface area contributed by atoms with Crippen LogP contribution in [0.5, 0.6) is 5.75 Å². The Balaban J connectivity index is 1.62. The van der Waals surface area contributed by atoms with E-state index in [4.69, 9.17) is 10.5 Å². The lowest BCUT2D eigenvalue weighted by Gasteiger charge is -2.15. The van der Waals surface area contributed by atoms with Gasteiger partial charge in [0.2, 0.25) is 0 Å². The van der Waals surface area contributed by atoms with Crippen molar-refractivity contribution in [3.05, 3.63) is 30.3 Å². The van der Waals surface area contributed by atoms with Gasteiger partial charge in [0, 0.05) is 12.1 Å². The molecule has 87 valence electrons. The average Bonchev–Trinajstić information content (AvgIpc) is 2.72. The van der Waals surface area contributed by atoms with Crippen molar-refractivity contribution in [2.75, 3.05) is 13.2 Å². The number of benzene rings is 1. The molecule has 1 aliphatic heterocycles. The molecule has 0 saturated carbocycles. The standard InChI is InChI=1S/C13H19N2O/c14-12-8-9-15-13(12)7-4-10-16-11-5-2-1-3-6-11/h2-3,5-6,12-13,15H,4,7-10,14H2. The van der Waals surface area contributed by atoms with Gasteiger partial charge in [-0.15, -0.1) is 0 Å². The third kappa shape index (κ3) is 3.22. The number of rotatable bonds is 5. The summed E-state index contributed by atoms with van der Waals surface area (Å²) < 4.78 is 5.61. The molecule has 2 unspecified atom stereocenters. The first-order valence-electron chi connectivity index (χ1n) is 5.94. The van der Waals surface area contributed by atoms with Gasteiger partial charge in [0.05, 0.1) is 6.61 Å². The van der Waals surface area contributed by atoms with Gasteiger partial charge in [-0.3, -0.25) is 0 Å². The van der Waals surface area contributed by atoms with Crippen molar-refractivity contribution >= 4 is 0 Å². The maximum absolute atomic E-state index is 5.96. The van der Waals surface area contributed by atoms with E-state index >= 15 is 0 Å². The Labute approximate surface area is 97.0 Å². The molecule has 1 aromatic rings. The van der Waals surface area contributed by atoms with E-state index in [9.17, 15) is 0 Å². The largest absolute Gasteiger partial charge is 0.494 e. The second-order valence-corrected chi connectivity index (χ2v) is 4.24. The molecule has 3 heteroatoms. The van der Waals surface area contributed by atoms with Crippen molar-refractivity contribution in [1.82, 2.24) is 5.32 Å².